The van der Waals surface area contributed by atoms with Crippen molar-refractivity contribution in [1.82, 2.24) is 14.9 Å². The van der Waals surface area contributed by atoms with Crippen molar-refractivity contribution in [3.8, 4) is 11.5 Å². The number of aromatic nitrogens is 3. The molecule has 0 saturated heterocycles. The molecule has 10 nitrogen and oxygen atoms in total. The van der Waals surface area contributed by atoms with Crippen LogP contribution in [-0.2, 0) is 4.79 Å². The molecule has 0 spiro atoms. The number of methoxy groups -OCH3 is 2. The zero-order valence-corrected chi connectivity index (χ0v) is 17.3. The molecule has 0 aliphatic rings. The van der Waals surface area contributed by atoms with E-state index in [1.165, 1.54) is 11.8 Å². The van der Waals surface area contributed by atoms with E-state index in [1.54, 1.807) is 42.9 Å². The molecule has 0 bridgehead atoms. The van der Waals surface area contributed by atoms with E-state index in [2.05, 4.69) is 26.0 Å². The van der Waals surface area contributed by atoms with Crippen molar-refractivity contribution in [2.45, 2.75) is 5.16 Å². The van der Waals surface area contributed by atoms with Gasteiger partial charge in [-0.2, -0.15) is 5.10 Å². The Hall–Kier alpha value is -3.25. The number of hydrogen-bond donors (Lipinski definition) is 3. The van der Waals surface area contributed by atoms with E-state index in [0.717, 1.165) is 16.6 Å². The smallest absolute Gasteiger partial charge is 0.264 e. The minimum Gasteiger partial charge on any atom is -0.497 e. The second-order valence-corrected chi connectivity index (χ2v) is 7.39. The predicted molar refractivity (Wildman–Crippen MR) is 115 cm³/mol. The Kier molecular flexibility index (Phi) is 6.92. The first kappa shape index (κ1) is 20.5. The summed E-state index contributed by atoms with van der Waals surface area (Å²) in [7, 11) is 3.08. The Morgan fingerprint density at radius 1 is 1.34 bits per heavy atom. The van der Waals surface area contributed by atoms with Crippen LogP contribution in [0.3, 0.4) is 0 Å². The van der Waals surface area contributed by atoms with Gasteiger partial charge in [0.2, 0.25) is 11.1 Å². The maximum absolute atomic E-state index is 12.3. The Morgan fingerprint density at radius 3 is 2.93 bits per heavy atom. The highest BCUT2D eigenvalue weighted by molar-refractivity contribution is 7.99. The van der Waals surface area contributed by atoms with Gasteiger partial charge in [-0.3, -0.25) is 4.79 Å². The fraction of sp³-hybridized carbons (Fsp3) is 0.176. The number of ether oxygens (including phenoxy) is 2. The molecule has 0 aliphatic heterocycles. The lowest BCUT2D eigenvalue weighted by atomic mass is 10.2. The van der Waals surface area contributed by atoms with Gasteiger partial charge in [-0.05, 0) is 23.6 Å². The maximum Gasteiger partial charge on any atom is 0.264 e. The summed E-state index contributed by atoms with van der Waals surface area (Å²) in [6.07, 6.45) is 1.65. The van der Waals surface area contributed by atoms with Crippen molar-refractivity contribution in [3.63, 3.8) is 0 Å². The predicted octanol–water partition coefficient (Wildman–Crippen LogP) is 2.25. The van der Waals surface area contributed by atoms with E-state index in [9.17, 15) is 4.79 Å². The monoisotopic (exact) mass is 433 g/mol. The van der Waals surface area contributed by atoms with Gasteiger partial charge in [-0.1, -0.05) is 17.8 Å². The highest BCUT2D eigenvalue weighted by Crippen LogP contribution is 2.29. The molecule has 0 atom stereocenters. The molecule has 29 heavy (non-hydrogen) atoms. The van der Waals surface area contributed by atoms with Gasteiger partial charge in [0.05, 0.1) is 31.9 Å². The van der Waals surface area contributed by atoms with E-state index in [0.29, 0.717) is 22.3 Å². The van der Waals surface area contributed by atoms with Crippen LogP contribution in [0.2, 0.25) is 0 Å². The van der Waals surface area contributed by atoms with Crippen LogP contribution < -0.4 is 26.1 Å². The number of anilines is 2. The molecule has 4 N–H and O–H groups in total. The number of nitrogens with one attached hydrogen (secondary N) is 2. The summed E-state index contributed by atoms with van der Waals surface area (Å²) < 4.78 is 11.6. The minimum atomic E-state index is -0.244. The summed E-state index contributed by atoms with van der Waals surface area (Å²) in [6.45, 7) is 0. The van der Waals surface area contributed by atoms with Gasteiger partial charge in [0.15, 0.2) is 0 Å². The number of thioether (sulfide) groups is 1. The normalized spacial score (nSPS) is 10.8. The number of carbonyl (C=O) groups is 1. The van der Waals surface area contributed by atoms with Gasteiger partial charge >= 0.3 is 0 Å². The number of hydrogen-bond acceptors (Lipinski definition) is 10. The van der Waals surface area contributed by atoms with Crippen LogP contribution in [0.5, 0.6) is 11.5 Å². The fourth-order valence-corrected chi connectivity index (χ4v) is 3.43. The van der Waals surface area contributed by atoms with Gasteiger partial charge < -0.3 is 20.6 Å². The van der Waals surface area contributed by atoms with Gasteiger partial charge in [0.1, 0.15) is 11.5 Å². The number of benzene rings is 1. The van der Waals surface area contributed by atoms with Crippen molar-refractivity contribution in [3.05, 3.63) is 40.6 Å². The van der Waals surface area contributed by atoms with Crippen molar-refractivity contribution in [2.24, 2.45) is 5.10 Å². The second-order valence-electron chi connectivity index (χ2n) is 5.46. The molecule has 3 aromatic rings. The topological polar surface area (TPSA) is 129 Å². The Balaban J connectivity index is 1.55. The Bertz CT molecular complexity index is 989. The van der Waals surface area contributed by atoms with E-state index >= 15 is 0 Å². The van der Waals surface area contributed by atoms with Gasteiger partial charge in [0.25, 0.3) is 5.95 Å². The molecule has 0 unspecified atom stereocenters. The first-order chi connectivity index (χ1) is 14.1. The van der Waals surface area contributed by atoms with Crippen LogP contribution in [0.15, 0.2) is 46.0 Å². The first-order valence-electron chi connectivity index (χ1n) is 8.28. The summed E-state index contributed by atoms with van der Waals surface area (Å²) in [5.74, 6) is 7.19. The lowest BCUT2D eigenvalue weighted by Crippen LogP contribution is -2.17. The van der Waals surface area contributed by atoms with Crippen LogP contribution in [0.25, 0.3) is 0 Å². The van der Waals surface area contributed by atoms with Crippen molar-refractivity contribution < 1.29 is 14.3 Å². The van der Waals surface area contributed by atoms with Crippen LogP contribution in [0.1, 0.15) is 4.88 Å². The number of amides is 1. The van der Waals surface area contributed by atoms with Gasteiger partial charge in [-0.25, -0.2) is 10.1 Å². The zero-order valence-electron chi connectivity index (χ0n) is 15.7. The number of thiophene rings is 1. The van der Waals surface area contributed by atoms with Gasteiger partial charge in [-0.15, -0.1) is 21.5 Å². The number of nitrogens with zero attached hydrogens (tertiary/aromatic N) is 4. The first-order valence-corrected chi connectivity index (χ1v) is 10.1. The quantitative estimate of drug-likeness (QED) is 0.203. The summed E-state index contributed by atoms with van der Waals surface area (Å²) in [5, 5.41) is 17.1. The highest BCUT2D eigenvalue weighted by Gasteiger charge is 2.13. The number of hydrazone groups is 1. The average molecular weight is 434 g/mol. The highest BCUT2D eigenvalue weighted by atomic mass is 32.2. The molecular weight excluding hydrogens is 414 g/mol. The molecule has 152 valence electrons. The largest absolute Gasteiger partial charge is 0.497 e. The molecule has 0 aliphatic carbocycles. The van der Waals surface area contributed by atoms with E-state index in [4.69, 9.17) is 15.3 Å². The number of nitrogen functional groups attached to an aromatic ring is 1. The number of carbonyl (C=O) groups excluding carboxylic acids is 1. The van der Waals surface area contributed by atoms with Crippen LogP contribution >= 0.6 is 23.1 Å². The molecule has 1 amide bonds. The zero-order chi connectivity index (χ0) is 20.6. The molecule has 1 aromatic carbocycles. The Morgan fingerprint density at radius 2 is 2.21 bits per heavy atom. The molecule has 0 saturated carbocycles. The Labute approximate surface area is 175 Å². The van der Waals surface area contributed by atoms with Crippen molar-refractivity contribution >= 4 is 46.9 Å². The van der Waals surface area contributed by atoms with E-state index < -0.39 is 0 Å². The van der Waals surface area contributed by atoms with E-state index in [1.807, 2.05) is 17.5 Å². The minimum absolute atomic E-state index is 0.0863. The summed E-state index contributed by atoms with van der Waals surface area (Å²) in [5.41, 5.74) is 3.26. The number of rotatable bonds is 9. The van der Waals surface area contributed by atoms with Crippen molar-refractivity contribution in [1.29, 1.82) is 0 Å². The number of nitrogens with two attached hydrogens (primary N) is 1. The molecule has 2 heterocycles. The SMILES string of the molecule is COc1ccc(NC(=O)CSc2nnc(N/N=C/c3cccs3)n2N)c(OC)c1. The van der Waals surface area contributed by atoms with E-state index in [-0.39, 0.29) is 17.6 Å². The summed E-state index contributed by atoms with van der Waals surface area (Å²) in [4.78, 5) is 13.3. The summed E-state index contributed by atoms with van der Waals surface area (Å²) in [6, 6.07) is 8.99. The van der Waals surface area contributed by atoms with Crippen LogP contribution in [0, 0.1) is 0 Å². The molecule has 0 radical (unpaired) electrons. The third kappa shape index (κ3) is 5.39. The molecule has 0 fully saturated rings. The van der Waals surface area contributed by atoms with Crippen LogP contribution in [-0.4, -0.2) is 47.0 Å². The fourth-order valence-electron chi connectivity index (χ4n) is 2.19. The lowest BCUT2D eigenvalue weighted by Gasteiger charge is -2.11. The molecule has 12 heteroatoms. The average Bonchev–Trinajstić information content (AvgIpc) is 3.37. The third-order valence-electron chi connectivity index (χ3n) is 3.58. The van der Waals surface area contributed by atoms with Crippen molar-refractivity contribution in [2.75, 3.05) is 36.6 Å². The van der Waals surface area contributed by atoms with Gasteiger partial charge in [0, 0.05) is 10.9 Å². The second kappa shape index (κ2) is 9.80. The maximum atomic E-state index is 12.3. The lowest BCUT2D eigenvalue weighted by molar-refractivity contribution is -0.113. The summed E-state index contributed by atoms with van der Waals surface area (Å²) >= 11 is 2.70. The molecule has 3 rings (SSSR count). The third-order valence-corrected chi connectivity index (χ3v) is 5.33. The van der Waals surface area contributed by atoms with Crippen LogP contribution in [0.4, 0.5) is 11.6 Å². The standard InChI is InChI=1S/C17H19N7O3S2/c1-26-11-5-6-13(14(8-11)27-2)20-15(25)10-29-17-23-22-16(24(17)18)21-19-9-12-4-3-7-28-12/h3-9H,10,18H2,1-2H3,(H,20,25)(H,21,22)/b19-9+. The molecular formula is C17H19N7O3S2. The molecule has 2 aromatic heterocycles.